The quantitative estimate of drug-likeness (QED) is 0.162. The van der Waals surface area contributed by atoms with E-state index in [2.05, 4.69) is 228 Å². The number of anilines is 3. The van der Waals surface area contributed by atoms with Gasteiger partial charge < -0.3 is 13.9 Å². The standard InChI is InChI=1S/C57H37N3O/c1-3-12-38(13-4-1)40-22-24-41(25-23-40)42-28-31-47(32-29-42)59(54-21-11-20-52-56(54)61-57(58-52)45-27-26-39-14-7-8-16-44(39)36-45)48-33-35-53-51(37-48)50-34-30-43-15-9-10-19-49(43)55(50)60(53)46-17-5-2-6-18-46/h1-37H. The molecule has 0 fully saturated rings. The van der Waals surface area contributed by atoms with Crippen LogP contribution in [0.1, 0.15) is 0 Å². The van der Waals surface area contributed by atoms with Crippen LogP contribution in [0.3, 0.4) is 0 Å². The molecule has 0 saturated carbocycles. The van der Waals surface area contributed by atoms with Crippen molar-refractivity contribution in [1.29, 1.82) is 0 Å². The van der Waals surface area contributed by atoms with E-state index < -0.39 is 0 Å². The summed E-state index contributed by atoms with van der Waals surface area (Å²) in [7, 11) is 0. The highest BCUT2D eigenvalue weighted by atomic mass is 16.3. The van der Waals surface area contributed by atoms with Crippen molar-refractivity contribution in [2.24, 2.45) is 0 Å². The van der Waals surface area contributed by atoms with E-state index in [1.807, 2.05) is 6.07 Å². The monoisotopic (exact) mass is 779 g/mol. The number of aromatic nitrogens is 2. The number of rotatable bonds is 7. The summed E-state index contributed by atoms with van der Waals surface area (Å²) < 4.78 is 9.22. The minimum absolute atomic E-state index is 0.593. The number of benzene rings is 10. The molecule has 10 aromatic carbocycles. The molecule has 0 radical (unpaired) electrons. The Hall–Kier alpha value is -8.21. The molecule has 2 heterocycles. The van der Waals surface area contributed by atoms with Crippen LogP contribution in [0.5, 0.6) is 0 Å². The molecular weight excluding hydrogens is 743 g/mol. The van der Waals surface area contributed by atoms with Crippen LogP contribution in [0.25, 0.3) is 93.8 Å². The van der Waals surface area contributed by atoms with Gasteiger partial charge in [0.25, 0.3) is 0 Å². The zero-order chi connectivity index (χ0) is 40.3. The predicted octanol–water partition coefficient (Wildman–Crippen LogP) is 15.7. The van der Waals surface area contributed by atoms with Crippen LogP contribution < -0.4 is 4.90 Å². The maximum absolute atomic E-state index is 6.81. The van der Waals surface area contributed by atoms with E-state index >= 15 is 0 Å². The van der Waals surface area contributed by atoms with Crippen LogP contribution in [0.15, 0.2) is 229 Å². The summed E-state index contributed by atoms with van der Waals surface area (Å²) in [6.07, 6.45) is 0. The van der Waals surface area contributed by atoms with Crippen LogP contribution in [0.2, 0.25) is 0 Å². The van der Waals surface area contributed by atoms with Gasteiger partial charge in [0.05, 0.1) is 16.7 Å². The normalized spacial score (nSPS) is 11.6. The SMILES string of the molecule is c1ccc(-c2ccc(-c3ccc(N(c4ccc5c(c4)c4ccc6ccccc6c4n5-c4ccccc4)c4cccc5nc(-c6ccc7ccccc7c6)oc45)cc3)cc2)cc1. The van der Waals surface area contributed by atoms with Gasteiger partial charge in [-0.1, -0.05) is 158 Å². The third kappa shape index (κ3) is 5.96. The molecule has 4 heteroatoms. The van der Waals surface area contributed by atoms with Gasteiger partial charge >= 0.3 is 0 Å². The average molecular weight is 780 g/mol. The highest BCUT2D eigenvalue weighted by molar-refractivity contribution is 6.19. The van der Waals surface area contributed by atoms with Gasteiger partial charge in [0.1, 0.15) is 5.52 Å². The Morgan fingerprint density at radius 2 is 1.00 bits per heavy atom. The summed E-state index contributed by atoms with van der Waals surface area (Å²) in [6, 6.07) is 79.9. The van der Waals surface area contributed by atoms with E-state index in [-0.39, 0.29) is 0 Å². The fourth-order valence-electron chi connectivity index (χ4n) is 9.03. The maximum atomic E-state index is 6.81. The Balaban J connectivity index is 1.04. The van der Waals surface area contributed by atoms with Gasteiger partial charge in [0.2, 0.25) is 5.89 Å². The van der Waals surface area contributed by atoms with Crippen LogP contribution in [0, 0.1) is 0 Å². The third-order valence-electron chi connectivity index (χ3n) is 12.0. The molecule has 0 aliphatic carbocycles. The number of hydrogen-bond acceptors (Lipinski definition) is 3. The van der Waals surface area contributed by atoms with Gasteiger partial charge in [-0.25, -0.2) is 4.98 Å². The first-order valence-corrected chi connectivity index (χ1v) is 20.7. The fourth-order valence-corrected chi connectivity index (χ4v) is 9.03. The number of fused-ring (bicyclic) bond motifs is 7. The molecule has 0 spiro atoms. The Morgan fingerprint density at radius 3 is 1.77 bits per heavy atom. The van der Waals surface area contributed by atoms with E-state index in [0.29, 0.717) is 5.89 Å². The third-order valence-corrected chi connectivity index (χ3v) is 12.0. The second kappa shape index (κ2) is 14.3. The molecule has 0 amide bonds. The van der Waals surface area contributed by atoms with E-state index in [4.69, 9.17) is 9.40 Å². The molecule has 0 atom stereocenters. The lowest BCUT2D eigenvalue weighted by atomic mass is 10.00. The minimum atomic E-state index is 0.593. The molecule has 286 valence electrons. The summed E-state index contributed by atoms with van der Waals surface area (Å²) in [5.74, 6) is 0.593. The van der Waals surface area contributed by atoms with Crippen molar-refractivity contribution in [2.45, 2.75) is 0 Å². The zero-order valence-corrected chi connectivity index (χ0v) is 33.1. The lowest BCUT2D eigenvalue weighted by Crippen LogP contribution is -2.10. The first-order chi connectivity index (χ1) is 30.2. The fraction of sp³-hybridized carbons (Fsp3) is 0. The number of oxazole rings is 1. The summed E-state index contributed by atoms with van der Waals surface area (Å²) in [4.78, 5) is 7.37. The number of hydrogen-bond donors (Lipinski definition) is 0. The zero-order valence-electron chi connectivity index (χ0n) is 33.1. The van der Waals surface area contributed by atoms with Crippen molar-refractivity contribution in [1.82, 2.24) is 9.55 Å². The summed E-state index contributed by atoms with van der Waals surface area (Å²) in [6.45, 7) is 0. The molecule has 0 saturated heterocycles. The van der Waals surface area contributed by atoms with Crippen molar-refractivity contribution >= 4 is 71.5 Å². The molecule has 0 bridgehead atoms. The molecule has 61 heavy (non-hydrogen) atoms. The Kier molecular flexibility index (Phi) is 8.13. The first kappa shape index (κ1) is 34.8. The smallest absolute Gasteiger partial charge is 0.227 e. The molecule has 0 aliphatic rings. The second-order valence-corrected chi connectivity index (χ2v) is 15.6. The predicted molar refractivity (Wildman–Crippen MR) is 254 cm³/mol. The van der Waals surface area contributed by atoms with Crippen LogP contribution in [-0.2, 0) is 0 Å². The highest BCUT2D eigenvalue weighted by Crippen LogP contribution is 2.44. The summed E-state index contributed by atoms with van der Waals surface area (Å²) in [5, 5.41) is 7.13. The molecular formula is C57H37N3O. The first-order valence-electron chi connectivity index (χ1n) is 20.7. The van der Waals surface area contributed by atoms with Gasteiger partial charge in [0, 0.05) is 38.8 Å². The largest absolute Gasteiger partial charge is 0.434 e. The van der Waals surface area contributed by atoms with Gasteiger partial charge in [-0.05, 0) is 105 Å². The average Bonchev–Trinajstić information content (AvgIpc) is 3.93. The minimum Gasteiger partial charge on any atom is -0.434 e. The molecule has 0 N–H and O–H groups in total. The highest BCUT2D eigenvalue weighted by Gasteiger charge is 2.22. The second-order valence-electron chi connectivity index (χ2n) is 15.6. The van der Waals surface area contributed by atoms with Crippen molar-refractivity contribution < 1.29 is 4.42 Å². The van der Waals surface area contributed by atoms with Crippen LogP contribution >= 0.6 is 0 Å². The maximum Gasteiger partial charge on any atom is 0.227 e. The van der Waals surface area contributed by atoms with E-state index in [1.165, 1.54) is 43.6 Å². The van der Waals surface area contributed by atoms with Crippen molar-refractivity contribution in [2.75, 3.05) is 4.90 Å². The van der Waals surface area contributed by atoms with Crippen LogP contribution in [-0.4, -0.2) is 9.55 Å². The van der Waals surface area contributed by atoms with E-state index in [0.717, 1.165) is 61.4 Å². The van der Waals surface area contributed by atoms with Crippen molar-refractivity contribution in [3.63, 3.8) is 0 Å². The van der Waals surface area contributed by atoms with Gasteiger partial charge in [-0.2, -0.15) is 0 Å². The number of nitrogens with zero attached hydrogens (tertiary/aromatic N) is 3. The molecule has 12 aromatic rings. The summed E-state index contributed by atoms with van der Waals surface area (Å²) in [5.41, 5.74) is 13.6. The van der Waals surface area contributed by atoms with Gasteiger partial charge in [-0.15, -0.1) is 0 Å². The Morgan fingerprint density at radius 1 is 0.393 bits per heavy atom. The van der Waals surface area contributed by atoms with Gasteiger partial charge in [-0.3, -0.25) is 0 Å². The van der Waals surface area contributed by atoms with Crippen molar-refractivity contribution in [3.8, 4) is 39.4 Å². The lowest BCUT2D eigenvalue weighted by Gasteiger charge is -2.26. The van der Waals surface area contributed by atoms with Crippen LogP contribution in [0.4, 0.5) is 17.1 Å². The number of para-hydroxylation sites is 2. The van der Waals surface area contributed by atoms with E-state index in [1.54, 1.807) is 0 Å². The summed E-state index contributed by atoms with van der Waals surface area (Å²) >= 11 is 0. The molecule has 12 rings (SSSR count). The van der Waals surface area contributed by atoms with Crippen molar-refractivity contribution in [3.05, 3.63) is 224 Å². The molecule has 0 unspecified atom stereocenters. The Bertz CT molecular complexity index is 3570. The lowest BCUT2D eigenvalue weighted by molar-refractivity contribution is 0.620. The Labute approximate surface area is 352 Å². The van der Waals surface area contributed by atoms with Gasteiger partial charge in [0.15, 0.2) is 5.58 Å². The molecule has 0 aliphatic heterocycles. The molecule has 2 aromatic heterocycles. The topological polar surface area (TPSA) is 34.2 Å². The molecule has 4 nitrogen and oxygen atoms in total. The van der Waals surface area contributed by atoms with E-state index in [9.17, 15) is 0 Å².